The number of fused-ring (bicyclic) bond motifs is 2. The molecule has 0 bridgehead atoms. The van der Waals surface area contributed by atoms with Crippen LogP contribution in [-0.4, -0.2) is 39.9 Å². The average molecular weight is 428 g/mol. The first-order chi connectivity index (χ1) is 15.6. The minimum absolute atomic E-state index is 0.120. The van der Waals surface area contributed by atoms with E-state index in [-0.39, 0.29) is 18.1 Å². The van der Waals surface area contributed by atoms with Gasteiger partial charge in [-0.05, 0) is 32.0 Å². The number of ether oxygens (including phenoxy) is 2. The smallest absolute Gasteiger partial charge is 0.252 e. The molecule has 1 amide bonds. The lowest BCUT2D eigenvalue weighted by Gasteiger charge is -2.26. The maximum Gasteiger partial charge on any atom is 0.252 e. The van der Waals surface area contributed by atoms with Gasteiger partial charge < -0.3 is 14.8 Å². The van der Waals surface area contributed by atoms with Crippen molar-refractivity contribution in [3.8, 4) is 22.8 Å². The molecule has 7 heteroatoms. The number of benzene rings is 2. The van der Waals surface area contributed by atoms with E-state index in [1.165, 1.54) is 0 Å². The van der Waals surface area contributed by atoms with Crippen LogP contribution in [0.2, 0.25) is 0 Å². The topological polar surface area (TPSA) is 78.3 Å². The van der Waals surface area contributed by atoms with Crippen LogP contribution in [0, 0.1) is 0 Å². The standard InChI is InChI=1S/C25H24N4O3/c1-16(2)29-24-20(14-27-29)19(12-21(28-24)17-8-4-3-5-9-17)25(30)26-13-18-15-31-22-10-6-7-11-23(22)32-18/h3-12,14,16,18H,13,15H2,1-2H3,(H,26,30). The lowest BCUT2D eigenvalue weighted by molar-refractivity contribution is 0.0790. The fourth-order valence-electron chi connectivity index (χ4n) is 3.81. The number of hydrogen-bond acceptors (Lipinski definition) is 5. The molecule has 32 heavy (non-hydrogen) atoms. The third-order valence-corrected chi connectivity index (χ3v) is 5.43. The van der Waals surface area contributed by atoms with Gasteiger partial charge in [-0.1, -0.05) is 42.5 Å². The van der Waals surface area contributed by atoms with E-state index in [0.717, 1.165) is 22.4 Å². The molecule has 7 nitrogen and oxygen atoms in total. The van der Waals surface area contributed by atoms with Crippen LogP contribution in [0.4, 0.5) is 0 Å². The third kappa shape index (κ3) is 3.77. The van der Waals surface area contributed by atoms with Gasteiger partial charge in [-0.15, -0.1) is 0 Å². The van der Waals surface area contributed by atoms with Crippen LogP contribution in [-0.2, 0) is 0 Å². The summed E-state index contributed by atoms with van der Waals surface area (Å²) in [7, 11) is 0. The first-order valence-electron chi connectivity index (χ1n) is 10.7. The minimum atomic E-state index is -0.266. The summed E-state index contributed by atoms with van der Waals surface area (Å²) in [5.74, 6) is 1.22. The molecule has 1 unspecified atom stereocenters. The highest BCUT2D eigenvalue weighted by Crippen LogP contribution is 2.31. The Morgan fingerprint density at radius 3 is 2.66 bits per heavy atom. The van der Waals surface area contributed by atoms with Gasteiger partial charge in [0.1, 0.15) is 12.7 Å². The molecule has 1 N–H and O–H groups in total. The molecule has 2 aromatic heterocycles. The molecule has 4 aromatic rings. The molecule has 162 valence electrons. The maximum absolute atomic E-state index is 13.2. The number of rotatable bonds is 5. The number of carbonyl (C=O) groups is 1. The monoisotopic (exact) mass is 428 g/mol. The van der Waals surface area contributed by atoms with Crippen molar-refractivity contribution in [1.82, 2.24) is 20.1 Å². The largest absolute Gasteiger partial charge is 0.486 e. The molecule has 5 rings (SSSR count). The quantitative estimate of drug-likeness (QED) is 0.514. The summed E-state index contributed by atoms with van der Waals surface area (Å²) in [5, 5.41) is 8.20. The second-order valence-electron chi connectivity index (χ2n) is 8.05. The van der Waals surface area contributed by atoms with Crippen LogP contribution in [0.3, 0.4) is 0 Å². The van der Waals surface area contributed by atoms with Crippen molar-refractivity contribution in [2.75, 3.05) is 13.2 Å². The molecule has 0 aliphatic carbocycles. The molecule has 1 aliphatic heterocycles. The first kappa shape index (κ1) is 20.1. The summed E-state index contributed by atoms with van der Waals surface area (Å²) in [5.41, 5.74) is 2.91. The Balaban J connectivity index is 1.43. The van der Waals surface area contributed by atoms with E-state index >= 15 is 0 Å². The number of para-hydroxylation sites is 2. The summed E-state index contributed by atoms with van der Waals surface area (Å²) in [6.07, 6.45) is 1.45. The molecule has 0 saturated carbocycles. The van der Waals surface area contributed by atoms with Gasteiger partial charge in [0.15, 0.2) is 17.1 Å². The minimum Gasteiger partial charge on any atom is -0.486 e. The summed E-state index contributed by atoms with van der Waals surface area (Å²) in [6, 6.07) is 19.3. The van der Waals surface area contributed by atoms with Crippen LogP contribution in [0.1, 0.15) is 30.2 Å². The lowest BCUT2D eigenvalue weighted by atomic mass is 10.1. The summed E-state index contributed by atoms with van der Waals surface area (Å²) in [6.45, 7) is 4.79. The van der Waals surface area contributed by atoms with E-state index in [9.17, 15) is 4.79 Å². The zero-order chi connectivity index (χ0) is 22.1. The SMILES string of the molecule is CC(C)n1ncc2c(C(=O)NCC3COc4ccccc4O3)cc(-c3ccccc3)nc21. The molecule has 1 atom stereocenters. The van der Waals surface area contributed by atoms with E-state index in [1.54, 1.807) is 6.20 Å². The van der Waals surface area contributed by atoms with Crippen molar-refractivity contribution in [3.63, 3.8) is 0 Å². The molecule has 3 heterocycles. The Morgan fingerprint density at radius 2 is 1.88 bits per heavy atom. The van der Waals surface area contributed by atoms with Gasteiger partial charge in [-0.2, -0.15) is 5.10 Å². The van der Waals surface area contributed by atoms with Crippen LogP contribution in [0.5, 0.6) is 11.5 Å². The Labute approximate surface area is 186 Å². The van der Waals surface area contributed by atoms with Gasteiger partial charge >= 0.3 is 0 Å². The highest BCUT2D eigenvalue weighted by atomic mass is 16.6. The number of aromatic nitrogens is 3. The fourth-order valence-corrected chi connectivity index (χ4v) is 3.81. The van der Waals surface area contributed by atoms with Crippen LogP contribution in [0.25, 0.3) is 22.3 Å². The van der Waals surface area contributed by atoms with Gasteiger partial charge in [0.05, 0.1) is 29.4 Å². The Kier molecular flexibility index (Phi) is 5.23. The van der Waals surface area contributed by atoms with E-state index < -0.39 is 0 Å². The molecular formula is C25H24N4O3. The molecule has 0 saturated heterocycles. The molecule has 2 aromatic carbocycles. The van der Waals surface area contributed by atoms with Crippen molar-refractivity contribution in [1.29, 1.82) is 0 Å². The zero-order valence-corrected chi connectivity index (χ0v) is 18.0. The van der Waals surface area contributed by atoms with Crippen LogP contribution >= 0.6 is 0 Å². The molecule has 0 radical (unpaired) electrons. The maximum atomic E-state index is 13.2. The van der Waals surface area contributed by atoms with Gasteiger partial charge in [0.25, 0.3) is 5.91 Å². The summed E-state index contributed by atoms with van der Waals surface area (Å²) in [4.78, 5) is 18.1. The number of nitrogens with one attached hydrogen (secondary N) is 1. The van der Waals surface area contributed by atoms with Gasteiger partial charge in [-0.25, -0.2) is 9.67 Å². The number of nitrogens with zero attached hydrogens (tertiary/aromatic N) is 3. The van der Waals surface area contributed by atoms with Gasteiger partial charge in [-0.3, -0.25) is 4.79 Å². The van der Waals surface area contributed by atoms with Crippen LogP contribution in [0.15, 0.2) is 66.9 Å². The average Bonchev–Trinajstić information content (AvgIpc) is 3.27. The summed E-state index contributed by atoms with van der Waals surface area (Å²) < 4.78 is 13.6. The van der Waals surface area contributed by atoms with E-state index in [4.69, 9.17) is 14.5 Å². The van der Waals surface area contributed by atoms with Crippen molar-refractivity contribution >= 4 is 16.9 Å². The molecule has 0 spiro atoms. The van der Waals surface area contributed by atoms with Gasteiger partial charge in [0, 0.05) is 11.6 Å². The highest BCUT2D eigenvalue weighted by molar-refractivity contribution is 6.06. The Hall–Kier alpha value is -3.87. The van der Waals surface area contributed by atoms with E-state index in [1.807, 2.05) is 79.2 Å². The summed E-state index contributed by atoms with van der Waals surface area (Å²) >= 11 is 0. The van der Waals surface area contributed by atoms with Gasteiger partial charge in [0.2, 0.25) is 0 Å². The first-order valence-corrected chi connectivity index (χ1v) is 10.7. The lowest BCUT2D eigenvalue weighted by Crippen LogP contribution is -2.40. The second-order valence-corrected chi connectivity index (χ2v) is 8.05. The zero-order valence-electron chi connectivity index (χ0n) is 18.0. The number of pyridine rings is 1. The molecule has 1 aliphatic rings. The predicted octanol–water partition coefficient (Wildman–Crippen LogP) is 4.25. The fraction of sp³-hybridized carbons (Fsp3) is 0.240. The van der Waals surface area contributed by atoms with Crippen molar-refractivity contribution in [3.05, 3.63) is 72.4 Å². The van der Waals surface area contributed by atoms with Crippen molar-refractivity contribution in [2.24, 2.45) is 0 Å². The molecule has 0 fully saturated rings. The predicted molar refractivity (Wildman–Crippen MR) is 122 cm³/mol. The number of amides is 1. The van der Waals surface area contributed by atoms with Crippen molar-refractivity contribution in [2.45, 2.75) is 26.0 Å². The third-order valence-electron chi connectivity index (χ3n) is 5.43. The number of hydrogen-bond donors (Lipinski definition) is 1. The van der Waals surface area contributed by atoms with E-state index in [0.29, 0.717) is 30.1 Å². The normalized spacial score (nSPS) is 15.2. The van der Waals surface area contributed by atoms with E-state index in [2.05, 4.69) is 10.4 Å². The van der Waals surface area contributed by atoms with Crippen LogP contribution < -0.4 is 14.8 Å². The Bertz CT molecular complexity index is 1270. The Morgan fingerprint density at radius 1 is 1.12 bits per heavy atom. The second kappa shape index (κ2) is 8.34. The number of carbonyl (C=O) groups excluding carboxylic acids is 1. The molecular weight excluding hydrogens is 404 g/mol. The van der Waals surface area contributed by atoms with Crippen molar-refractivity contribution < 1.29 is 14.3 Å². The highest BCUT2D eigenvalue weighted by Gasteiger charge is 2.23.